The Kier molecular flexibility index (Phi) is 6.46. The Bertz CT molecular complexity index is 568. The monoisotopic (exact) mass is 363 g/mol. The normalized spacial score (nSPS) is 22.7. The van der Waals surface area contributed by atoms with Crippen molar-refractivity contribution in [1.29, 1.82) is 0 Å². The highest BCUT2D eigenvalue weighted by Gasteiger charge is 2.43. The van der Waals surface area contributed by atoms with E-state index in [9.17, 15) is 4.79 Å². The van der Waals surface area contributed by atoms with Crippen molar-refractivity contribution in [3.05, 3.63) is 35.9 Å². The van der Waals surface area contributed by atoms with Gasteiger partial charge in [0, 0.05) is 6.42 Å². The Labute approximate surface area is 153 Å². The van der Waals surface area contributed by atoms with Crippen LogP contribution < -0.4 is 5.32 Å². The molecule has 1 aliphatic heterocycles. The fourth-order valence-corrected chi connectivity index (χ4v) is 4.28. The summed E-state index contributed by atoms with van der Waals surface area (Å²) in [6, 6.07) is 10.0. The number of ether oxygens (including phenoxy) is 1. The molecule has 0 bridgehead atoms. The number of hydrogen-bond acceptors (Lipinski definition) is 3. The van der Waals surface area contributed by atoms with E-state index in [1.165, 1.54) is 0 Å². The zero-order valence-corrected chi connectivity index (χ0v) is 17.5. The first-order valence-electron chi connectivity index (χ1n) is 9.28. The predicted octanol–water partition coefficient (Wildman–Crippen LogP) is 4.26. The topological polar surface area (TPSA) is 47.6 Å². The molecule has 2 rings (SSSR count). The maximum absolute atomic E-state index is 12.3. The molecule has 0 radical (unpaired) electrons. The van der Waals surface area contributed by atoms with Crippen LogP contribution in [0.5, 0.6) is 0 Å². The minimum absolute atomic E-state index is 0.0155. The van der Waals surface area contributed by atoms with E-state index < -0.39 is 8.32 Å². The summed E-state index contributed by atoms with van der Waals surface area (Å²) < 4.78 is 12.4. The third kappa shape index (κ3) is 5.15. The van der Waals surface area contributed by atoms with E-state index in [1.807, 2.05) is 30.3 Å². The van der Waals surface area contributed by atoms with E-state index in [0.717, 1.165) is 12.0 Å². The van der Waals surface area contributed by atoms with Crippen molar-refractivity contribution in [2.24, 2.45) is 0 Å². The maximum Gasteiger partial charge on any atom is 0.249 e. The van der Waals surface area contributed by atoms with Gasteiger partial charge in [-0.1, -0.05) is 58.0 Å². The first kappa shape index (κ1) is 20.1. The Balaban J connectivity index is 1.95. The largest absolute Gasteiger partial charge is 0.412 e. The Morgan fingerprint density at radius 1 is 1.24 bits per heavy atom. The number of rotatable bonds is 7. The Hall–Kier alpha value is -1.17. The predicted molar refractivity (Wildman–Crippen MR) is 104 cm³/mol. The highest BCUT2D eigenvalue weighted by atomic mass is 28.4. The average Bonchev–Trinajstić information content (AvgIpc) is 2.91. The quantitative estimate of drug-likeness (QED) is 0.736. The summed E-state index contributed by atoms with van der Waals surface area (Å²) in [5, 5.41) is 3.26. The van der Waals surface area contributed by atoms with Crippen molar-refractivity contribution in [2.75, 3.05) is 0 Å². The summed E-state index contributed by atoms with van der Waals surface area (Å²) in [6.45, 7) is 13.8. The van der Waals surface area contributed by atoms with Crippen LogP contribution in [0.25, 0.3) is 0 Å². The molecule has 3 unspecified atom stereocenters. The van der Waals surface area contributed by atoms with E-state index >= 15 is 0 Å². The van der Waals surface area contributed by atoms with Gasteiger partial charge in [-0.15, -0.1) is 0 Å². The van der Waals surface area contributed by atoms with Crippen LogP contribution in [-0.2, 0) is 20.6 Å². The highest BCUT2D eigenvalue weighted by Crippen LogP contribution is 2.38. The minimum atomic E-state index is -1.86. The smallest absolute Gasteiger partial charge is 0.249 e. The molecule has 1 amide bonds. The van der Waals surface area contributed by atoms with Crippen molar-refractivity contribution in [2.45, 2.75) is 83.5 Å². The molecular formula is C20H33NO3Si. The fourth-order valence-electron chi connectivity index (χ4n) is 2.84. The van der Waals surface area contributed by atoms with Gasteiger partial charge >= 0.3 is 0 Å². The van der Waals surface area contributed by atoms with Gasteiger partial charge in [-0.3, -0.25) is 4.79 Å². The minimum Gasteiger partial charge on any atom is -0.412 e. The SMILES string of the molecule is CCC(O[Si](C)(C)C(C)(C)C)C1CC(OCc2ccccc2)C(=O)N1. The second-order valence-electron chi connectivity index (χ2n) is 8.46. The molecule has 0 saturated carbocycles. The zero-order chi connectivity index (χ0) is 18.7. The van der Waals surface area contributed by atoms with Crippen molar-refractivity contribution >= 4 is 14.2 Å². The Morgan fingerprint density at radius 3 is 2.44 bits per heavy atom. The lowest BCUT2D eigenvalue weighted by molar-refractivity contribution is -0.129. The highest BCUT2D eigenvalue weighted by molar-refractivity contribution is 6.74. The average molecular weight is 364 g/mol. The van der Waals surface area contributed by atoms with Crippen LogP contribution in [0.2, 0.25) is 18.1 Å². The molecule has 1 aliphatic rings. The zero-order valence-electron chi connectivity index (χ0n) is 16.5. The molecule has 4 nitrogen and oxygen atoms in total. The maximum atomic E-state index is 12.3. The molecule has 3 atom stereocenters. The second-order valence-corrected chi connectivity index (χ2v) is 13.2. The van der Waals surface area contributed by atoms with Gasteiger partial charge in [0.1, 0.15) is 6.10 Å². The van der Waals surface area contributed by atoms with Crippen molar-refractivity contribution in [3.63, 3.8) is 0 Å². The van der Waals surface area contributed by atoms with Gasteiger partial charge in [0.25, 0.3) is 0 Å². The molecule has 25 heavy (non-hydrogen) atoms. The van der Waals surface area contributed by atoms with Gasteiger partial charge in [0.05, 0.1) is 18.8 Å². The summed E-state index contributed by atoms with van der Waals surface area (Å²) in [6.07, 6.45) is 1.24. The van der Waals surface area contributed by atoms with Crippen LogP contribution in [0.15, 0.2) is 30.3 Å². The first-order valence-corrected chi connectivity index (χ1v) is 12.2. The summed E-state index contributed by atoms with van der Waals surface area (Å²) in [5.41, 5.74) is 1.09. The molecule has 0 aliphatic carbocycles. The molecule has 1 fully saturated rings. The third-order valence-corrected chi connectivity index (χ3v) is 9.99. The van der Waals surface area contributed by atoms with Crippen LogP contribution in [-0.4, -0.2) is 32.5 Å². The molecule has 1 aromatic rings. The van der Waals surface area contributed by atoms with Gasteiger partial charge < -0.3 is 14.5 Å². The summed E-state index contributed by atoms with van der Waals surface area (Å²) >= 11 is 0. The van der Waals surface area contributed by atoms with Crippen LogP contribution in [0.1, 0.15) is 46.1 Å². The first-order chi connectivity index (χ1) is 11.6. The number of nitrogens with one attached hydrogen (secondary N) is 1. The molecule has 0 spiro atoms. The van der Waals surface area contributed by atoms with E-state index in [-0.39, 0.29) is 29.2 Å². The summed E-state index contributed by atoms with van der Waals surface area (Å²) in [5.74, 6) is -0.0155. The number of amides is 1. The lowest BCUT2D eigenvalue weighted by Crippen LogP contribution is -2.49. The van der Waals surface area contributed by atoms with E-state index in [0.29, 0.717) is 13.0 Å². The number of carbonyl (C=O) groups is 1. The van der Waals surface area contributed by atoms with Crippen molar-refractivity contribution in [3.8, 4) is 0 Å². The third-order valence-electron chi connectivity index (χ3n) is 5.49. The number of hydrogen-bond donors (Lipinski definition) is 1. The summed E-state index contributed by atoms with van der Waals surface area (Å²) in [4.78, 5) is 12.3. The van der Waals surface area contributed by atoms with Gasteiger partial charge in [-0.05, 0) is 30.1 Å². The van der Waals surface area contributed by atoms with Crippen LogP contribution in [0, 0.1) is 0 Å². The van der Waals surface area contributed by atoms with Crippen LogP contribution in [0.3, 0.4) is 0 Å². The molecule has 0 aromatic heterocycles. The second kappa shape index (κ2) is 8.02. The molecule has 1 N–H and O–H groups in total. The summed E-state index contributed by atoms with van der Waals surface area (Å²) in [7, 11) is -1.86. The Morgan fingerprint density at radius 2 is 1.88 bits per heavy atom. The molecule has 1 saturated heterocycles. The van der Waals surface area contributed by atoms with Gasteiger partial charge in [-0.2, -0.15) is 0 Å². The van der Waals surface area contributed by atoms with Crippen LogP contribution >= 0.6 is 0 Å². The molecule has 5 heteroatoms. The van der Waals surface area contributed by atoms with Crippen LogP contribution in [0.4, 0.5) is 0 Å². The number of carbonyl (C=O) groups excluding carboxylic acids is 1. The standard InChI is InChI=1S/C20H33NO3Si/c1-7-17(24-25(5,6)20(2,3)4)16-13-18(19(22)21-16)23-14-15-11-9-8-10-12-15/h8-12,16-18H,7,13-14H2,1-6H3,(H,21,22). The lowest BCUT2D eigenvalue weighted by atomic mass is 10.1. The molecule has 1 aromatic carbocycles. The lowest BCUT2D eigenvalue weighted by Gasteiger charge is -2.40. The molecule has 1 heterocycles. The molecule has 140 valence electrons. The van der Waals surface area contributed by atoms with Crippen molar-refractivity contribution < 1.29 is 14.0 Å². The van der Waals surface area contributed by atoms with Crippen molar-refractivity contribution in [1.82, 2.24) is 5.32 Å². The van der Waals surface area contributed by atoms with E-state index in [2.05, 4.69) is 46.1 Å². The van der Waals surface area contributed by atoms with E-state index in [4.69, 9.17) is 9.16 Å². The molecular weight excluding hydrogens is 330 g/mol. The van der Waals surface area contributed by atoms with Gasteiger partial charge in [-0.25, -0.2) is 0 Å². The number of benzene rings is 1. The van der Waals surface area contributed by atoms with Gasteiger partial charge in [0.2, 0.25) is 5.91 Å². The van der Waals surface area contributed by atoms with E-state index in [1.54, 1.807) is 0 Å². The van der Waals surface area contributed by atoms with Gasteiger partial charge in [0.15, 0.2) is 8.32 Å². The fraction of sp³-hybridized carbons (Fsp3) is 0.650.